The molecule has 8 heteroatoms. The Morgan fingerprint density at radius 1 is 0.259 bits per heavy atom. The second-order valence-electron chi connectivity index (χ2n) is 36.2. The van der Waals surface area contributed by atoms with Crippen LogP contribution in [0.1, 0.15) is 506 Å². The van der Waals surface area contributed by atoms with Gasteiger partial charge in [0.2, 0.25) is 0 Å². The molecule has 0 unspecified atom stereocenters. The highest BCUT2D eigenvalue weighted by Crippen LogP contribution is 2.64. The molecule has 112 heavy (non-hydrogen) atoms. The van der Waals surface area contributed by atoms with E-state index in [4.69, 9.17) is 17.5 Å². The number of rotatable bonds is 69. The lowest BCUT2D eigenvalue weighted by Gasteiger charge is -2.35. The van der Waals surface area contributed by atoms with Gasteiger partial charge in [0.15, 0.2) is 0 Å². The Morgan fingerprint density at radius 2 is 0.527 bits per heavy atom. The monoisotopic (exact) mass is 1600 g/mol. The number of fused-ring (bicyclic) bond motifs is 10. The van der Waals surface area contributed by atoms with Crippen LogP contribution in [-0.4, -0.2) is 17.5 Å². The molecule has 2 aliphatic carbocycles. The van der Waals surface area contributed by atoms with Gasteiger partial charge in [0.05, 0.1) is 23.5 Å². The maximum absolute atomic E-state index is 5.64. The zero-order valence-corrected chi connectivity index (χ0v) is 77.0. The van der Waals surface area contributed by atoms with Crippen LogP contribution in [0.3, 0.4) is 0 Å². The summed E-state index contributed by atoms with van der Waals surface area (Å²) in [6.45, 7) is 18.7. The van der Waals surface area contributed by atoms with E-state index >= 15 is 0 Å². The first kappa shape index (κ1) is 92.3. The normalized spacial score (nSPS) is 13.5. The lowest BCUT2D eigenvalue weighted by atomic mass is 9.68. The minimum atomic E-state index is -0.156. The van der Waals surface area contributed by atoms with Crippen LogP contribution in [0, 0.1) is 13.8 Å². The largest absolute Gasteiger partial charge is 0.173 e. The second kappa shape index (κ2) is 53.8. The molecule has 2 aliphatic rings. The molecule has 624 valence electrons. The van der Waals surface area contributed by atoms with E-state index in [0.29, 0.717) is 0 Å². The first-order chi connectivity index (χ1) is 55.3. The van der Waals surface area contributed by atoms with Gasteiger partial charge in [-0.15, -0.1) is 22.7 Å². The summed E-state index contributed by atoms with van der Waals surface area (Å²) in [5, 5.41) is 0. The quantitative estimate of drug-likeness (QED) is 0.0357. The molecular formula is C104H164N4S4. The number of hydrogen-bond acceptors (Lipinski definition) is 8. The molecule has 4 aromatic heterocycles. The van der Waals surface area contributed by atoms with Gasteiger partial charge in [-0.3, -0.25) is 0 Å². The van der Waals surface area contributed by atoms with Crippen LogP contribution in [0.2, 0.25) is 0 Å². The average Bonchev–Trinajstić information content (AvgIpc) is 1.51. The van der Waals surface area contributed by atoms with Crippen molar-refractivity contribution in [1.82, 2.24) is 17.5 Å². The van der Waals surface area contributed by atoms with Crippen LogP contribution in [-0.2, 0) is 23.7 Å². The molecule has 0 N–H and O–H groups in total. The Bertz CT molecular complexity index is 3630. The van der Waals surface area contributed by atoms with Gasteiger partial charge in [0, 0.05) is 47.0 Å². The predicted octanol–water partition coefficient (Wildman–Crippen LogP) is 37.0. The molecule has 0 saturated carbocycles. The van der Waals surface area contributed by atoms with Crippen LogP contribution in [0.15, 0.2) is 36.4 Å². The van der Waals surface area contributed by atoms with Crippen molar-refractivity contribution >= 4 is 80.3 Å². The molecule has 0 atom stereocenters. The molecule has 9 rings (SSSR count). The maximum atomic E-state index is 5.64. The van der Waals surface area contributed by atoms with Gasteiger partial charge in [0.1, 0.15) is 22.1 Å². The van der Waals surface area contributed by atoms with E-state index in [1.807, 2.05) is 22.7 Å². The van der Waals surface area contributed by atoms with Gasteiger partial charge in [-0.25, -0.2) is 0 Å². The zero-order chi connectivity index (χ0) is 78.5. The molecule has 0 saturated heterocycles. The summed E-state index contributed by atoms with van der Waals surface area (Å²) in [6.07, 6.45) is 94.5. The molecule has 0 spiro atoms. The van der Waals surface area contributed by atoms with Crippen molar-refractivity contribution in [1.29, 1.82) is 0 Å². The smallest absolute Gasteiger partial charge is 0.114 e. The fourth-order valence-corrected chi connectivity index (χ4v) is 23.4. The Morgan fingerprint density at radius 3 is 0.866 bits per heavy atom. The van der Waals surface area contributed by atoms with Crippen LogP contribution in [0.5, 0.6) is 0 Å². The highest BCUT2D eigenvalue weighted by molar-refractivity contribution is 7.17. The summed E-state index contributed by atoms with van der Waals surface area (Å²) in [5.74, 6) is 0. The molecule has 0 bridgehead atoms. The molecule has 0 aliphatic heterocycles. The minimum absolute atomic E-state index is 0.0983. The lowest BCUT2D eigenvalue weighted by Crippen LogP contribution is -2.27. The number of thiophene rings is 2. The maximum Gasteiger partial charge on any atom is 0.114 e. The third kappa shape index (κ3) is 28.0. The Kier molecular flexibility index (Phi) is 44.3. The summed E-state index contributed by atoms with van der Waals surface area (Å²) in [7, 11) is 0. The van der Waals surface area contributed by atoms with Gasteiger partial charge in [-0.05, 0) is 158 Å². The van der Waals surface area contributed by atoms with E-state index in [1.165, 1.54) is 509 Å². The van der Waals surface area contributed by atoms with Gasteiger partial charge < -0.3 is 0 Å². The van der Waals surface area contributed by atoms with Crippen LogP contribution in [0.25, 0.3) is 66.9 Å². The molecule has 0 radical (unpaired) electrons. The van der Waals surface area contributed by atoms with Crippen LogP contribution < -0.4 is 0 Å². The van der Waals surface area contributed by atoms with E-state index in [1.54, 1.807) is 22.3 Å². The van der Waals surface area contributed by atoms with E-state index < -0.39 is 0 Å². The standard InChI is InChI=1S/C104H164N4S4/c1-9-15-21-25-29-33-37-41-45-49-53-57-61-65-73-103(74-66-62-58-54-50-46-42-38-34-30-26-22-16-10-2)90-81-88-91(80-87(90)97-92(103)77-83(7)99-101(97)107-111-105-99)104(75-67-63-59-55-51-47-43-39-35-31-27-23-17-11-3,76-68-64-60-56-52-48-44-40-36-32-28-24-18-12-4)93-82-89(100-102(98(88)93)108-112-106-100)96-79-86(70-20-14-6)95(110-96)72-71-94-85(69-19-13-5)78-84(8)109-94/h71-72,77-82H,9-70,73-76H2,1-8H3/b72-71+. The number of aryl methyl sites for hydroxylation is 4. The fraction of sp³-hybridized carbons (Fsp3) is 0.731. The molecular weight excluding hydrogens is 1430 g/mol. The van der Waals surface area contributed by atoms with Crippen LogP contribution >= 0.6 is 46.1 Å². The van der Waals surface area contributed by atoms with Gasteiger partial charge >= 0.3 is 0 Å². The van der Waals surface area contributed by atoms with E-state index in [-0.39, 0.29) is 10.8 Å². The Labute approximate surface area is 705 Å². The van der Waals surface area contributed by atoms with Crippen molar-refractivity contribution < 1.29 is 0 Å². The summed E-state index contributed by atoms with van der Waals surface area (Å²) >= 11 is 6.94. The van der Waals surface area contributed by atoms with Crippen molar-refractivity contribution in [2.24, 2.45) is 0 Å². The number of nitrogens with zero attached hydrogens (tertiary/aromatic N) is 4. The summed E-state index contributed by atoms with van der Waals surface area (Å²) in [5.41, 5.74) is 22.3. The molecule has 0 fully saturated rings. The molecule has 7 aromatic rings. The summed E-state index contributed by atoms with van der Waals surface area (Å²) in [6, 6.07) is 16.3. The number of aromatic nitrogens is 4. The third-order valence-electron chi connectivity index (χ3n) is 26.9. The van der Waals surface area contributed by atoms with Crippen molar-refractivity contribution in [3.63, 3.8) is 0 Å². The van der Waals surface area contributed by atoms with Crippen molar-refractivity contribution in [3.8, 4) is 32.7 Å². The molecule has 3 aromatic carbocycles. The number of hydrogen-bond donors (Lipinski definition) is 0. The molecule has 0 amide bonds. The number of benzene rings is 3. The first-order valence-electron chi connectivity index (χ1n) is 48.9. The average molecular weight is 1600 g/mol. The predicted molar refractivity (Wildman–Crippen MR) is 504 cm³/mol. The van der Waals surface area contributed by atoms with Crippen molar-refractivity contribution in [2.45, 2.75) is 490 Å². The SMILES string of the molecule is CCCCCCCCCCCCCCCCC1(CCCCCCCCCCCCCCCC)c2cc3c(cc2-c2c1cc(C)c1nsnc21)C(CCCCCCCCCCCCCCCC)(CCCCCCCCCCCCCCCC)c1cc(-c2cc(CCCC)c(/C=C/c4sc(C)cc4CCCC)s2)c2nsnc2c1-3. The lowest BCUT2D eigenvalue weighted by molar-refractivity contribution is 0.393. The summed E-state index contributed by atoms with van der Waals surface area (Å²) in [4.78, 5) is 5.67. The van der Waals surface area contributed by atoms with Crippen LogP contribution in [0.4, 0.5) is 0 Å². The Hall–Kier alpha value is -3.56. The molecule has 4 heterocycles. The highest BCUT2D eigenvalue weighted by Gasteiger charge is 2.50. The third-order valence-corrected chi connectivity index (χ3v) is 30.2. The van der Waals surface area contributed by atoms with Gasteiger partial charge in [-0.1, -0.05) is 420 Å². The topological polar surface area (TPSA) is 51.6 Å². The zero-order valence-electron chi connectivity index (χ0n) is 73.7. The second-order valence-corrected chi connectivity index (χ2v) is 39.6. The fourth-order valence-electron chi connectivity index (χ4n) is 20.2. The molecule has 4 nitrogen and oxygen atoms in total. The van der Waals surface area contributed by atoms with Gasteiger partial charge in [-0.2, -0.15) is 17.5 Å². The van der Waals surface area contributed by atoms with Gasteiger partial charge in [0.25, 0.3) is 0 Å². The van der Waals surface area contributed by atoms with E-state index in [9.17, 15) is 0 Å². The number of unbranched alkanes of at least 4 members (excludes halogenated alkanes) is 54. The van der Waals surface area contributed by atoms with Crippen molar-refractivity contribution in [2.75, 3.05) is 0 Å². The summed E-state index contributed by atoms with van der Waals surface area (Å²) < 4.78 is 21.8. The van der Waals surface area contributed by atoms with E-state index in [2.05, 4.69) is 104 Å². The Balaban J connectivity index is 1.10. The van der Waals surface area contributed by atoms with Crippen molar-refractivity contribution in [3.05, 3.63) is 90.0 Å². The van der Waals surface area contributed by atoms with E-state index in [0.717, 1.165) is 23.9 Å². The minimum Gasteiger partial charge on any atom is -0.173 e. The first-order valence-corrected chi connectivity index (χ1v) is 52.0. The highest BCUT2D eigenvalue weighted by atomic mass is 32.1.